The summed E-state index contributed by atoms with van der Waals surface area (Å²) in [7, 11) is 0. The van der Waals surface area contributed by atoms with Crippen LogP contribution in [0.5, 0.6) is 0 Å². The third-order valence-electron chi connectivity index (χ3n) is 5.48. The number of hydrogen-bond donors (Lipinski definition) is 2. The zero-order valence-corrected chi connectivity index (χ0v) is 16.0. The van der Waals surface area contributed by atoms with Crippen molar-refractivity contribution in [1.82, 2.24) is 10.2 Å². The summed E-state index contributed by atoms with van der Waals surface area (Å²) in [6.45, 7) is 0.693. The standard InChI is InChI=1S/C21H23N3O2S/c1-27-18-9-5-8-16(11-18)22-21(26)24-13-15-10-17(24)12-19(15)23-20(25)14-6-3-2-4-7-14/h2-9,11,15,17,19H,10,12-13H2,1H3,(H,22,26)(H,23,25). The number of amides is 3. The molecular formula is C21H23N3O2S. The maximum atomic E-state index is 12.7. The molecule has 3 amide bonds. The van der Waals surface area contributed by atoms with Crippen molar-refractivity contribution in [1.29, 1.82) is 0 Å². The lowest BCUT2D eigenvalue weighted by molar-refractivity contribution is 0.0915. The first-order chi connectivity index (χ1) is 13.1. The Kier molecular flexibility index (Phi) is 5.07. The molecule has 2 aliphatic rings. The van der Waals surface area contributed by atoms with E-state index in [4.69, 9.17) is 0 Å². The molecule has 1 saturated heterocycles. The Labute approximate surface area is 163 Å². The average molecular weight is 382 g/mol. The summed E-state index contributed by atoms with van der Waals surface area (Å²) in [5, 5.41) is 6.16. The van der Waals surface area contributed by atoms with Gasteiger partial charge in [0.15, 0.2) is 0 Å². The van der Waals surface area contributed by atoms with Crippen LogP contribution in [0.4, 0.5) is 10.5 Å². The SMILES string of the molecule is CSc1cccc(NC(=O)N2CC3CC2CC3NC(=O)c2ccccc2)c1. The molecule has 3 unspecified atom stereocenters. The second-order valence-electron chi connectivity index (χ2n) is 7.15. The van der Waals surface area contributed by atoms with Crippen molar-refractivity contribution >= 4 is 29.4 Å². The number of thioether (sulfide) groups is 1. The van der Waals surface area contributed by atoms with Crippen molar-refractivity contribution in [2.24, 2.45) is 5.92 Å². The van der Waals surface area contributed by atoms with Gasteiger partial charge in [-0.1, -0.05) is 24.3 Å². The fourth-order valence-corrected chi connectivity index (χ4v) is 4.58. The van der Waals surface area contributed by atoms with Crippen molar-refractivity contribution in [3.05, 3.63) is 60.2 Å². The molecule has 0 spiro atoms. The molecule has 2 bridgehead atoms. The van der Waals surface area contributed by atoms with Gasteiger partial charge in [0.2, 0.25) is 0 Å². The highest BCUT2D eigenvalue weighted by molar-refractivity contribution is 7.98. The Balaban J connectivity index is 1.34. The highest BCUT2D eigenvalue weighted by atomic mass is 32.2. The Bertz CT molecular complexity index is 842. The second kappa shape index (κ2) is 7.64. The van der Waals surface area contributed by atoms with Crippen molar-refractivity contribution in [2.75, 3.05) is 18.1 Å². The number of urea groups is 1. The van der Waals surface area contributed by atoms with Gasteiger partial charge >= 0.3 is 6.03 Å². The van der Waals surface area contributed by atoms with Crippen LogP contribution in [0.1, 0.15) is 23.2 Å². The molecule has 1 saturated carbocycles. The van der Waals surface area contributed by atoms with Crippen LogP contribution in [-0.2, 0) is 0 Å². The number of anilines is 1. The van der Waals surface area contributed by atoms with E-state index in [0.717, 1.165) is 23.4 Å². The minimum atomic E-state index is -0.0476. The predicted molar refractivity (Wildman–Crippen MR) is 108 cm³/mol. The van der Waals surface area contributed by atoms with Crippen LogP contribution in [0.3, 0.4) is 0 Å². The molecule has 4 rings (SSSR count). The summed E-state index contributed by atoms with van der Waals surface area (Å²) in [6, 6.07) is 17.5. The number of likely N-dealkylation sites (tertiary alicyclic amines) is 1. The van der Waals surface area contributed by atoms with Gasteiger partial charge in [-0.3, -0.25) is 4.79 Å². The van der Waals surface area contributed by atoms with E-state index in [1.54, 1.807) is 11.8 Å². The van der Waals surface area contributed by atoms with Gasteiger partial charge in [-0.25, -0.2) is 4.79 Å². The summed E-state index contributed by atoms with van der Waals surface area (Å²) in [6.07, 6.45) is 3.80. The molecule has 1 aliphatic heterocycles. The molecule has 0 aromatic heterocycles. The first-order valence-electron chi connectivity index (χ1n) is 9.21. The van der Waals surface area contributed by atoms with Crippen molar-refractivity contribution in [2.45, 2.75) is 29.8 Å². The Morgan fingerprint density at radius 2 is 1.89 bits per heavy atom. The number of hydrogen-bond acceptors (Lipinski definition) is 3. The minimum absolute atomic E-state index is 0.0296. The lowest BCUT2D eigenvalue weighted by atomic mass is 10.0. The summed E-state index contributed by atoms with van der Waals surface area (Å²) in [4.78, 5) is 28.1. The smallest absolute Gasteiger partial charge is 0.322 e. The van der Waals surface area contributed by atoms with Gasteiger partial charge in [-0.15, -0.1) is 11.8 Å². The molecular weight excluding hydrogens is 358 g/mol. The molecule has 2 fully saturated rings. The number of benzene rings is 2. The van der Waals surface area contributed by atoms with Crippen LogP contribution in [0.25, 0.3) is 0 Å². The summed E-state index contributed by atoms with van der Waals surface area (Å²) >= 11 is 1.65. The van der Waals surface area contributed by atoms with Crippen LogP contribution in [0.2, 0.25) is 0 Å². The van der Waals surface area contributed by atoms with E-state index >= 15 is 0 Å². The lowest BCUT2D eigenvalue weighted by Crippen LogP contribution is -2.48. The fourth-order valence-electron chi connectivity index (χ4n) is 4.12. The van der Waals surface area contributed by atoms with Gasteiger partial charge in [0.1, 0.15) is 0 Å². The van der Waals surface area contributed by atoms with Gasteiger partial charge in [0, 0.05) is 34.8 Å². The largest absolute Gasteiger partial charge is 0.349 e. The third kappa shape index (κ3) is 3.81. The van der Waals surface area contributed by atoms with E-state index in [9.17, 15) is 9.59 Å². The molecule has 140 valence electrons. The highest BCUT2D eigenvalue weighted by Gasteiger charge is 2.47. The highest BCUT2D eigenvalue weighted by Crippen LogP contribution is 2.38. The van der Waals surface area contributed by atoms with E-state index in [0.29, 0.717) is 18.0 Å². The third-order valence-corrected chi connectivity index (χ3v) is 6.20. The maximum Gasteiger partial charge on any atom is 0.322 e. The first-order valence-corrected chi connectivity index (χ1v) is 10.4. The number of rotatable bonds is 4. The van der Waals surface area contributed by atoms with Crippen LogP contribution in [0, 0.1) is 5.92 Å². The molecule has 2 aromatic carbocycles. The Morgan fingerprint density at radius 1 is 1.07 bits per heavy atom. The molecule has 2 N–H and O–H groups in total. The van der Waals surface area contributed by atoms with Gasteiger partial charge < -0.3 is 15.5 Å². The molecule has 27 heavy (non-hydrogen) atoms. The Morgan fingerprint density at radius 3 is 2.59 bits per heavy atom. The van der Waals surface area contributed by atoms with Crippen LogP contribution in [-0.4, -0.2) is 41.7 Å². The molecule has 3 atom stereocenters. The van der Waals surface area contributed by atoms with Gasteiger partial charge in [0.05, 0.1) is 0 Å². The first kappa shape index (κ1) is 17.9. The second-order valence-corrected chi connectivity index (χ2v) is 8.03. The molecule has 1 heterocycles. The average Bonchev–Trinajstić information content (AvgIpc) is 3.29. The normalized spacial score (nSPS) is 23.3. The monoisotopic (exact) mass is 381 g/mol. The summed E-state index contributed by atoms with van der Waals surface area (Å²) < 4.78 is 0. The molecule has 2 aromatic rings. The van der Waals surface area contributed by atoms with E-state index < -0.39 is 0 Å². The van der Waals surface area contributed by atoms with Crippen LogP contribution < -0.4 is 10.6 Å². The van der Waals surface area contributed by atoms with E-state index in [1.807, 2.05) is 65.8 Å². The summed E-state index contributed by atoms with van der Waals surface area (Å²) in [5.74, 6) is 0.295. The topological polar surface area (TPSA) is 61.4 Å². The summed E-state index contributed by atoms with van der Waals surface area (Å²) in [5.41, 5.74) is 1.51. The zero-order chi connectivity index (χ0) is 18.8. The number of fused-ring (bicyclic) bond motifs is 2. The van der Waals surface area contributed by atoms with Crippen LogP contribution >= 0.6 is 11.8 Å². The van der Waals surface area contributed by atoms with E-state index in [2.05, 4.69) is 10.6 Å². The van der Waals surface area contributed by atoms with E-state index in [-0.39, 0.29) is 24.0 Å². The number of piperidine rings is 1. The number of nitrogens with zero attached hydrogens (tertiary/aromatic N) is 1. The zero-order valence-electron chi connectivity index (χ0n) is 15.2. The van der Waals surface area contributed by atoms with Gasteiger partial charge in [0.25, 0.3) is 5.91 Å². The van der Waals surface area contributed by atoms with Crippen LogP contribution in [0.15, 0.2) is 59.5 Å². The number of carbonyl (C=O) groups excluding carboxylic acids is 2. The molecule has 0 radical (unpaired) electrons. The molecule has 5 nitrogen and oxygen atoms in total. The quantitative estimate of drug-likeness (QED) is 0.791. The fraction of sp³-hybridized carbons (Fsp3) is 0.333. The minimum Gasteiger partial charge on any atom is -0.349 e. The predicted octanol–water partition coefficient (Wildman–Crippen LogP) is 3.83. The maximum absolute atomic E-state index is 12.7. The number of carbonyl (C=O) groups is 2. The molecule has 1 aliphatic carbocycles. The van der Waals surface area contributed by atoms with Gasteiger partial charge in [-0.05, 0) is 55.3 Å². The van der Waals surface area contributed by atoms with Crippen molar-refractivity contribution in [3.8, 4) is 0 Å². The van der Waals surface area contributed by atoms with Crippen molar-refractivity contribution < 1.29 is 9.59 Å². The number of nitrogens with one attached hydrogen (secondary N) is 2. The lowest BCUT2D eigenvalue weighted by Gasteiger charge is -2.32. The van der Waals surface area contributed by atoms with E-state index in [1.165, 1.54) is 0 Å². The van der Waals surface area contributed by atoms with Crippen molar-refractivity contribution in [3.63, 3.8) is 0 Å². The van der Waals surface area contributed by atoms with Gasteiger partial charge in [-0.2, -0.15) is 0 Å². The Hall–Kier alpha value is -2.47. The molecule has 6 heteroatoms.